The number of thioether (sulfide) groups is 1. The highest BCUT2D eigenvalue weighted by Crippen LogP contribution is 2.37. The number of amides is 1. The number of rotatable bonds is 4. The van der Waals surface area contributed by atoms with Gasteiger partial charge in [0.15, 0.2) is 5.17 Å². The van der Waals surface area contributed by atoms with E-state index in [-0.39, 0.29) is 11.7 Å². The van der Waals surface area contributed by atoms with Crippen LogP contribution in [-0.2, 0) is 4.79 Å². The summed E-state index contributed by atoms with van der Waals surface area (Å²) in [6.45, 7) is 2.39. The Hall–Kier alpha value is -1.71. The predicted molar refractivity (Wildman–Crippen MR) is 119 cm³/mol. The maximum atomic E-state index is 12.7. The Morgan fingerprint density at radius 1 is 1.33 bits per heavy atom. The Kier molecular flexibility index (Phi) is 6.33. The molecule has 1 N–H and O–H groups in total. The lowest BCUT2D eigenvalue weighted by atomic mass is 10.2. The van der Waals surface area contributed by atoms with E-state index in [1.807, 2.05) is 53.8 Å². The van der Waals surface area contributed by atoms with E-state index in [1.54, 1.807) is 30.2 Å². The van der Waals surface area contributed by atoms with Crippen molar-refractivity contribution in [3.63, 3.8) is 0 Å². The number of phenols is 1. The molecule has 2 aromatic rings. The van der Waals surface area contributed by atoms with Gasteiger partial charge in [-0.1, -0.05) is 11.6 Å². The molecule has 0 bridgehead atoms. The van der Waals surface area contributed by atoms with Crippen LogP contribution >= 0.6 is 46.0 Å². The minimum Gasteiger partial charge on any atom is -0.506 e. The third kappa shape index (κ3) is 4.41. The lowest BCUT2D eigenvalue weighted by molar-refractivity contribution is -0.122. The lowest BCUT2D eigenvalue weighted by Gasteiger charge is -2.12. The number of ether oxygens (including phenoxy) is 1. The third-order valence-corrected chi connectivity index (χ3v) is 5.89. The molecule has 1 saturated heterocycles. The molecule has 1 aliphatic rings. The van der Waals surface area contributed by atoms with Gasteiger partial charge in [-0.25, -0.2) is 4.99 Å². The summed E-state index contributed by atoms with van der Waals surface area (Å²) in [5.74, 6) is 0.696. The predicted octanol–water partition coefficient (Wildman–Crippen LogP) is 5.28. The summed E-state index contributed by atoms with van der Waals surface area (Å²) in [6, 6.07) is 10.6. The Morgan fingerprint density at radius 3 is 2.67 bits per heavy atom. The van der Waals surface area contributed by atoms with Crippen LogP contribution in [0.25, 0.3) is 6.08 Å². The number of hydrogen-bond acceptors (Lipinski definition) is 5. The zero-order valence-corrected chi connectivity index (χ0v) is 18.3. The van der Waals surface area contributed by atoms with Crippen molar-refractivity contribution in [1.82, 2.24) is 4.90 Å². The number of benzene rings is 2. The maximum Gasteiger partial charge on any atom is 0.266 e. The molecule has 0 aromatic heterocycles. The minimum atomic E-state index is -0.149. The van der Waals surface area contributed by atoms with E-state index in [9.17, 15) is 9.90 Å². The summed E-state index contributed by atoms with van der Waals surface area (Å²) in [4.78, 5) is 19.4. The molecule has 3 rings (SSSR count). The second-order valence-corrected chi connectivity index (χ2v) is 8.19. The number of aromatic hydroxyl groups is 1. The highest BCUT2D eigenvalue weighted by molar-refractivity contribution is 14.1. The van der Waals surface area contributed by atoms with Crippen LogP contribution in [0.1, 0.15) is 12.5 Å². The molecule has 1 aliphatic heterocycles. The zero-order valence-electron chi connectivity index (χ0n) is 14.6. The van der Waals surface area contributed by atoms with Crippen LogP contribution in [0.4, 0.5) is 5.69 Å². The van der Waals surface area contributed by atoms with Gasteiger partial charge in [-0.05, 0) is 83.8 Å². The molecule has 0 saturated carbocycles. The van der Waals surface area contributed by atoms with Gasteiger partial charge >= 0.3 is 0 Å². The van der Waals surface area contributed by atoms with Crippen LogP contribution in [0.3, 0.4) is 0 Å². The fourth-order valence-electron chi connectivity index (χ4n) is 2.47. The van der Waals surface area contributed by atoms with E-state index < -0.39 is 0 Å². The van der Waals surface area contributed by atoms with Gasteiger partial charge in [0.1, 0.15) is 11.5 Å². The number of methoxy groups -OCH3 is 1. The van der Waals surface area contributed by atoms with Gasteiger partial charge in [-0.15, -0.1) is 0 Å². The second kappa shape index (κ2) is 8.53. The number of carbonyl (C=O) groups is 1. The summed E-state index contributed by atoms with van der Waals surface area (Å²) in [5.41, 5.74) is 1.23. The van der Waals surface area contributed by atoms with E-state index in [4.69, 9.17) is 16.3 Å². The van der Waals surface area contributed by atoms with E-state index in [1.165, 1.54) is 11.8 Å². The molecule has 140 valence electrons. The van der Waals surface area contributed by atoms with Gasteiger partial charge in [0.2, 0.25) is 0 Å². The van der Waals surface area contributed by atoms with Crippen molar-refractivity contribution in [3.8, 4) is 11.5 Å². The highest BCUT2D eigenvalue weighted by Gasteiger charge is 2.32. The molecule has 0 radical (unpaired) electrons. The fourth-order valence-corrected chi connectivity index (χ4v) is 4.59. The summed E-state index contributed by atoms with van der Waals surface area (Å²) < 4.78 is 5.78. The average molecular weight is 515 g/mol. The normalized spacial score (nSPS) is 17.2. The first-order chi connectivity index (χ1) is 12.9. The fraction of sp³-hybridized carbons (Fsp3) is 0.158. The average Bonchev–Trinajstić information content (AvgIpc) is 2.94. The maximum absolute atomic E-state index is 12.7. The van der Waals surface area contributed by atoms with Crippen LogP contribution in [0.15, 0.2) is 46.3 Å². The largest absolute Gasteiger partial charge is 0.506 e. The second-order valence-electron chi connectivity index (χ2n) is 5.58. The van der Waals surface area contributed by atoms with Crippen LogP contribution in [0.2, 0.25) is 5.02 Å². The van der Waals surface area contributed by atoms with Gasteiger partial charge in [-0.3, -0.25) is 9.69 Å². The van der Waals surface area contributed by atoms with Crippen molar-refractivity contribution in [2.75, 3.05) is 13.7 Å². The number of hydrogen-bond donors (Lipinski definition) is 1. The number of nitrogens with zero attached hydrogens (tertiary/aromatic N) is 2. The molecule has 1 fully saturated rings. The SMILES string of the molecule is CCN1C(=O)/C(=C\c2cc(Cl)cc(I)c2O)SC1=Nc1ccc(OC)cc1. The Morgan fingerprint density at radius 2 is 2.04 bits per heavy atom. The van der Waals surface area contributed by atoms with E-state index in [2.05, 4.69) is 4.99 Å². The van der Waals surface area contributed by atoms with E-state index in [0.717, 1.165) is 11.4 Å². The Labute approximate surface area is 180 Å². The van der Waals surface area contributed by atoms with Crippen molar-refractivity contribution in [3.05, 3.63) is 55.5 Å². The summed E-state index contributed by atoms with van der Waals surface area (Å²) in [5, 5.41) is 11.3. The number of amidine groups is 1. The third-order valence-electron chi connectivity index (χ3n) is 3.85. The van der Waals surface area contributed by atoms with Crippen molar-refractivity contribution >= 4 is 68.8 Å². The first-order valence-electron chi connectivity index (χ1n) is 8.05. The number of carbonyl (C=O) groups excluding carboxylic acids is 1. The number of likely N-dealkylation sites (N-methyl/N-ethyl adjacent to an activating group) is 1. The summed E-state index contributed by atoms with van der Waals surface area (Å²) in [7, 11) is 1.61. The molecule has 0 atom stereocenters. The molecule has 0 spiro atoms. The molecular formula is C19H16ClIN2O3S. The lowest BCUT2D eigenvalue weighted by Crippen LogP contribution is -2.28. The van der Waals surface area contributed by atoms with Gasteiger partial charge in [0.05, 0.1) is 21.3 Å². The summed E-state index contributed by atoms with van der Waals surface area (Å²) >= 11 is 9.35. The van der Waals surface area contributed by atoms with Gasteiger partial charge < -0.3 is 9.84 Å². The molecule has 0 unspecified atom stereocenters. The number of aliphatic imine (C=N–C) groups is 1. The quantitative estimate of drug-likeness (QED) is 0.445. The smallest absolute Gasteiger partial charge is 0.266 e. The monoisotopic (exact) mass is 514 g/mol. The van der Waals surface area contributed by atoms with Crippen molar-refractivity contribution < 1.29 is 14.6 Å². The molecule has 2 aromatic carbocycles. The van der Waals surface area contributed by atoms with Crippen molar-refractivity contribution in [2.45, 2.75) is 6.92 Å². The number of halogens is 2. The molecular weight excluding hydrogens is 499 g/mol. The molecule has 1 amide bonds. The standard InChI is InChI=1S/C19H16ClIN2O3S/c1-3-23-18(25)16(9-11-8-12(20)10-15(21)17(11)24)27-19(23)22-13-4-6-14(26-2)7-5-13/h4-10,24H,3H2,1-2H3/b16-9+,22-19?. The van der Waals surface area contributed by atoms with Crippen molar-refractivity contribution in [1.29, 1.82) is 0 Å². The van der Waals surface area contributed by atoms with Crippen LogP contribution in [0, 0.1) is 3.57 Å². The van der Waals surface area contributed by atoms with Gasteiger partial charge in [-0.2, -0.15) is 0 Å². The van der Waals surface area contributed by atoms with E-state index in [0.29, 0.717) is 30.8 Å². The first kappa shape index (κ1) is 20.0. The van der Waals surface area contributed by atoms with Crippen LogP contribution in [-0.4, -0.2) is 34.7 Å². The number of phenolic OH excluding ortho intramolecular Hbond substituents is 1. The van der Waals surface area contributed by atoms with Crippen LogP contribution < -0.4 is 4.74 Å². The molecule has 1 heterocycles. The Balaban J connectivity index is 1.96. The molecule has 8 heteroatoms. The van der Waals surface area contributed by atoms with Crippen LogP contribution in [0.5, 0.6) is 11.5 Å². The molecule has 5 nitrogen and oxygen atoms in total. The summed E-state index contributed by atoms with van der Waals surface area (Å²) in [6.07, 6.45) is 1.65. The Bertz CT molecular complexity index is 945. The zero-order chi connectivity index (χ0) is 19.6. The topological polar surface area (TPSA) is 62.1 Å². The molecule has 27 heavy (non-hydrogen) atoms. The highest BCUT2D eigenvalue weighted by atomic mass is 127. The van der Waals surface area contributed by atoms with E-state index >= 15 is 0 Å². The van der Waals surface area contributed by atoms with Crippen molar-refractivity contribution in [2.24, 2.45) is 4.99 Å². The minimum absolute atomic E-state index is 0.101. The molecule has 0 aliphatic carbocycles. The first-order valence-corrected chi connectivity index (χ1v) is 10.3. The van der Waals surface area contributed by atoms with Gasteiger partial charge in [0, 0.05) is 17.1 Å². The van der Waals surface area contributed by atoms with Gasteiger partial charge in [0.25, 0.3) is 5.91 Å².